The monoisotopic (exact) mass is 1880 g/mol. The maximum Gasteiger partial charge on any atom is 0.154 e. The third-order valence-corrected chi connectivity index (χ3v) is 30.2. The summed E-state index contributed by atoms with van der Waals surface area (Å²) in [6.07, 6.45) is 29.2. The second kappa shape index (κ2) is 40.5. The second-order valence-corrected chi connectivity index (χ2v) is 39.2. The van der Waals surface area contributed by atoms with Gasteiger partial charge in [0, 0.05) is 90.1 Å². The molecule has 684 valence electrons. The summed E-state index contributed by atoms with van der Waals surface area (Å²) in [5.74, 6) is 4.14. The van der Waals surface area contributed by atoms with Gasteiger partial charge >= 0.3 is 0 Å². The van der Waals surface area contributed by atoms with E-state index in [9.17, 15) is 15.3 Å². The molecule has 3 aliphatic carbocycles. The lowest BCUT2D eigenvalue weighted by Gasteiger charge is -2.26. The molecule has 0 bridgehead atoms. The maximum absolute atomic E-state index is 9.67. The molecule has 3 aliphatic rings. The second-order valence-electron chi connectivity index (χ2n) is 33.8. The summed E-state index contributed by atoms with van der Waals surface area (Å²) >= 11 is 8.67. The van der Waals surface area contributed by atoms with E-state index in [4.69, 9.17) is 25.5 Å². The molecule has 25 rings (SSSR count). The van der Waals surface area contributed by atoms with E-state index in [1.165, 1.54) is 61.6 Å². The average Bonchev–Trinajstić information content (AvgIpc) is 1.65. The number of rotatable bonds is 15. The summed E-state index contributed by atoms with van der Waals surface area (Å²) in [4.78, 5) is 41.0. The number of aliphatic hydroxyl groups excluding tert-OH is 3. The van der Waals surface area contributed by atoms with Crippen molar-refractivity contribution < 1.29 is 15.3 Å². The average molecular weight is 1890 g/mol. The Morgan fingerprint density at radius 3 is 0.911 bits per heavy atom. The first kappa shape index (κ1) is 91.6. The van der Waals surface area contributed by atoms with Crippen molar-refractivity contribution in [1.82, 2.24) is 87.9 Å². The van der Waals surface area contributed by atoms with Gasteiger partial charge in [0.2, 0.25) is 0 Å². The number of hydrogen-bond donors (Lipinski definition) is 8. The number of nitrogens with zero attached hydrogens (tertiary/aromatic N) is 18. The van der Waals surface area contributed by atoms with Gasteiger partial charge in [-0.05, 0) is 289 Å². The number of imidazole rings is 5. The van der Waals surface area contributed by atoms with Gasteiger partial charge in [-0.2, -0.15) is 0 Å². The summed E-state index contributed by atoms with van der Waals surface area (Å²) in [6, 6.07) is 69.3. The molecule has 4 aromatic carbocycles. The fourth-order valence-corrected chi connectivity index (χ4v) is 22.2. The fourth-order valence-electron chi connectivity index (χ4n) is 17.0. The highest BCUT2D eigenvalue weighted by Gasteiger charge is 2.25. The lowest BCUT2D eigenvalue weighted by atomic mass is 9.93. The van der Waals surface area contributed by atoms with Crippen LogP contribution in [0.3, 0.4) is 0 Å². The number of aliphatic hydroxyl groups is 3. The van der Waals surface area contributed by atoms with Gasteiger partial charge in [0.1, 0.15) is 45.9 Å². The first-order valence-electron chi connectivity index (χ1n) is 44.4. The molecule has 0 spiro atoms. The number of pyridine rings is 3. The lowest BCUT2D eigenvalue weighted by Crippen LogP contribution is -2.28. The van der Waals surface area contributed by atoms with Crippen LogP contribution in [-0.2, 0) is 0 Å². The molecule has 0 radical (unpaired) electrons. The zero-order chi connectivity index (χ0) is 89.3. The van der Waals surface area contributed by atoms with Gasteiger partial charge in [-0.1, -0.05) is 70.8 Å². The van der Waals surface area contributed by atoms with Crippen LogP contribution in [0.15, 0.2) is 262 Å². The SMILES string of the molecule is C.C.C.Cc1ccc(Nc2ccc3ncc(-c4cc5ccccc5s4)n3n2)cc1C.Cc1ccc(Nc2ccc3ncc(-c4cc5cnccc5s4)n3n2)cc1C.OC1CCC(Nc2ccc3ncc(-c4cc5ccccc5s4)n3n2)CC1.OC1CCC(Nc2ccc3ncc(-c4cc5cnccc5s4)n3n2)CC1.OC1CCC(Nc2ccc3ncc(-c4cc5ncccc5s4)n3n2)CC1. The quantitative estimate of drug-likeness (QED) is 0.0473. The van der Waals surface area contributed by atoms with Gasteiger partial charge in [0.15, 0.2) is 39.9 Å². The normalized spacial score (nSPS) is 16.5. The molecule has 8 N–H and O–H groups in total. The van der Waals surface area contributed by atoms with Crippen LogP contribution in [0.1, 0.15) is 122 Å². The van der Waals surface area contributed by atoms with Gasteiger partial charge in [0.05, 0.1) is 83.9 Å². The summed E-state index contributed by atoms with van der Waals surface area (Å²) in [5, 5.41) is 75.0. The molecule has 0 unspecified atom stereocenters. The molecule has 26 nitrogen and oxygen atoms in total. The Morgan fingerprint density at radius 2 is 0.578 bits per heavy atom. The van der Waals surface area contributed by atoms with Crippen molar-refractivity contribution in [2.45, 2.75) is 163 Å². The smallest absolute Gasteiger partial charge is 0.154 e. The number of nitrogens with one attached hydrogen (secondary N) is 5. The summed E-state index contributed by atoms with van der Waals surface area (Å²) < 4.78 is 15.6. The number of thiophene rings is 5. The fraction of sp³-hybridized carbons (Fsp3) is 0.240. The topological polar surface area (TPSA) is 310 Å². The number of anilines is 7. The molecular weight excluding hydrogens is 1780 g/mol. The predicted molar refractivity (Wildman–Crippen MR) is 557 cm³/mol. The minimum atomic E-state index is -0.148. The summed E-state index contributed by atoms with van der Waals surface area (Å²) in [7, 11) is 0. The van der Waals surface area contributed by atoms with E-state index in [1.807, 2.05) is 163 Å². The van der Waals surface area contributed by atoms with E-state index in [1.54, 1.807) is 56.7 Å². The van der Waals surface area contributed by atoms with Crippen LogP contribution in [0.5, 0.6) is 0 Å². The zero-order valence-corrected chi connectivity index (χ0v) is 76.8. The number of hydrogen-bond acceptors (Lipinski definition) is 26. The van der Waals surface area contributed by atoms with E-state index in [-0.39, 0.29) is 40.6 Å². The first-order chi connectivity index (χ1) is 64.6. The Balaban J connectivity index is 0.000000112. The molecule has 0 aliphatic heterocycles. The standard InChI is InChI=1S/C22H18N4S.C21H17N5S.C20H20N4OS.2C19H19N5OS.3CH4/c1-14-7-8-17(11-15(14)2)24-21-9-10-22-23-13-18(26(22)25-21)20-12-16-5-3-4-6-19(16)27-20;1-13-3-4-16(9-14(13)2)24-20-5-6-21-23-12-17(26(21)25-20)19-10-15-11-22-8-7-18(15)27-19;25-15-7-5-14(6-8-15)22-19-9-10-20-21-12-16(24(20)23-19)18-11-13-3-1-2-4-17(13)26-18;25-14-3-1-13(2-4-14)22-18-5-6-19-21-11-15(24(19)23-18)17-9-12-10-20-8-7-16(12)26-17;25-13-5-3-12(4-6-13)22-18-7-8-19-21-11-15(24(19)23-18)17-10-14-16(26-17)2-1-9-20-14;;;/h3-13H,1-2H3,(H,24,25);3-12H,1-2H3,(H,24,25);1-4,9-12,14-15,25H,5-8H2,(H,22,23);5-11,13-14,25H,1-4H2,(H,22,23);1-2,7-13,25H,3-6H2,(H,22,23);3*1H4. The Labute approximate surface area is 800 Å². The van der Waals surface area contributed by atoms with Crippen molar-refractivity contribution >= 4 is 176 Å². The van der Waals surface area contributed by atoms with Gasteiger partial charge in [0.25, 0.3) is 0 Å². The largest absolute Gasteiger partial charge is 0.393 e. The predicted octanol–water partition coefficient (Wildman–Crippen LogP) is 25.0. The molecule has 31 heteroatoms. The Kier molecular flexibility index (Phi) is 27.5. The Bertz CT molecular complexity index is 7120. The number of aromatic nitrogens is 18. The molecule has 0 atom stereocenters. The maximum atomic E-state index is 9.67. The molecule has 3 fully saturated rings. The molecular formula is C104H105N23O3S5. The van der Waals surface area contributed by atoms with Crippen LogP contribution < -0.4 is 26.6 Å². The van der Waals surface area contributed by atoms with Crippen molar-refractivity contribution in [2.75, 3.05) is 26.6 Å². The van der Waals surface area contributed by atoms with Gasteiger partial charge in [-0.3, -0.25) is 15.0 Å². The zero-order valence-electron chi connectivity index (χ0n) is 72.7. The first-order valence-corrected chi connectivity index (χ1v) is 48.5. The van der Waals surface area contributed by atoms with Crippen molar-refractivity contribution in [3.63, 3.8) is 0 Å². The Hall–Kier alpha value is -13.9. The molecule has 18 aromatic heterocycles. The number of benzene rings is 4. The number of aryl methyl sites for hydroxylation is 4. The molecule has 135 heavy (non-hydrogen) atoms. The van der Waals surface area contributed by atoms with E-state index >= 15 is 0 Å². The van der Waals surface area contributed by atoms with Crippen LogP contribution in [0.2, 0.25) is 0 Å². The van der Waals surface area contributed by atoms with Crippen molar-refractivity contribution in [3.8, 4) is 52.9 Å². The molecule has 3 saturated carbocycles. The van der Waals surface area contributed by atoms with E-state index in [0.717, 1.165) is 210 Å². The van der Waals surface area contributed by atoms with Gasteiger partial charge in [-0.25, -0.2) is 47.5 Å². The lowest BCUT2D eigenvalue weighted by molar-refractivity contribution is 0.125. The molecule has 18 heterocycles. The van der Waals surface area contributed by atoms with E-state index in [0.29, 0.717) is 18.1 Å². The van der Waals surface area contributed by atoms with Crippen LogP contribution in [0.25, 0.3) is 132 Å². The molecule has 22 aromatic rings. The third-order valence-electron chi connectivity index (χ3n) is 24.6. The third kappa shape index (κ3) is 20.3. The van der Waals surface area contributed by atoms with Crippen LogP contribution in [-0.4, -0.2) is 140 Å². The highest BCUT2D eigenvalue weighted by atomic mass is 32.1. The van der Waals surface area contributed by atoms with Crippen LogP contribution in [0.4, 0.5) is 40.5 Å². The summed E-state index contributed by atoms with van der Waals surface area (Å²) in [6.45, 7) is 8.46. The van der Waals surface area contributed by atoms with Gasteiger partial charge in [-0.15, -0.1) is 82.2 Å². The molecule has 0 amide bonds. The minimum absolute atomic E-state index is 0. The van der Waals surface area contributed by atoms with Crippen molar-refractivity contribution in [1.29, 1.82) is 0 Å². The highest BCUT2D eigenvalue weighted by molar-refractivity contribution is 7.23. The van der Waals surface area contributed by atoms with E-state index < -0.39 is 0 Å². The molecule has 0 saturated heterocycles. The summed E-state index contributed by atoms with van der Waals surface area (Å²) in [5.41, 5.74) is 17.3. The van der Waals surface area contributed by atoms with Crippen LogP contribution in [0, 0.1) is 27.7 Å². The minimum Gasteiger partial charge on any atom is -0.393 e. The van der Waals surface area contributed by atoms with Crippen molar-refractivity contribution in [3.05, 3.63) is 284 Å². The Morgan fingerprint density at radius 1 is 0.274 bits per heavy atom. The van der Waals surface area contributed by atoms with Crippen molar-refractivity contribution in [2.24, 2.45) is 0 Å². The van der Waals surface area contributed by atoms with E-state index in [2.05, 4.69) is 215 Å². The van der Waals surface area contributed by atoms with Gasteiger partial charge < -0.3 is 41.9 Å². The van der Waals surface area contributed by atoms with Crippen LogP contribution >= 0.6 is 56.7 Å². The number of fused-ring (bicyclic) bond motifs is 10. The highest BCUT2D eigenvalue weighted by Crippen LogP contribution is 2.41.